The second kappa shape index (κ2) is 9.67. The van der Waals surface area contributed by atoms with E-state index in [1.165, 1.54) is 9.80 Å². The van der Waals surface area contributed by atoms with Gasteiger partial charge < -0.3 is 14.5 Å². The molecule has 35 heavy (non-hydrogen) atoms. The zero-order valence-electron chi connectivity index (χ0n) is 19.0. The number of rotatable bonds is 4. The Morgan fingerprint density at radius 2 is 1.83 bits per heavy atom. The molecule has 0 bridgehead atoms. The zero-order valence-corrected chi connectivity index (χ0v) is 19.8. The van der Waals surface area contributed by atoms with Crippen LogP contribution in [0.1, 0.15) is 42.0 Å². The Morgan fingerprint density at radius 1 is 1.14 bits per heavy atom. The minimum atomic E-state index is -4.67. The van der Waals surface area contributed by atoms with Crippen LogP contribution in [-0.2, 0) is 16.0 Å². The molecule has 2 atom stereocenters. The van der Waals surface area contributed by atoms with Crippen LogP contribution in [0.3, 0.4) is 0 Å². The fraction of sp³-hybridized carbons (Fsp3) is 0.545. The molecule has 2 saturated heterocycles. The van der Waals surface area contributed by atoms with Gasteiger partial charge in [-0.2, -0.15) is 13.2 Å². The molecule has 4 rings (SSSR count). The van der Waals surface area contributed by atoms with Gasteiger partial charge in [-0.3, -0.25) is 5.10 Å². The number of hydrogen-bond donors (Lipinski definition) is 1. The Bertz CT molecular complexity index is 1170. The molecule has 192 valence electrons. The van der Waals surface area contributed by atoms with Crippen molar-refractivity contribution in [1.82, 2.24) is 20.0 Å². The number of nitrogens with one attached hydrogen (secondary N) is 1. The third-order valence-electron chi connectivity index (χ3n) is 6.41. The topological polar surface area (TPSA) is 95.6 Å². The fourth-order valence-corrected chi connectivity index (χ4v) is 5.79. The highest BCUT2D eigenvalue weighted by molar-refractivity contribution is 7.91. The van der Waals surface area contributed by atoms with E-state index < -0.39 is 33.3 Å². The molecule has 1 aromatic heterocycles. The number of nitrogens with zero attached hydrogens (tertiary/aromatic N) is 3. The summed E-state index contributed by atoms with van der Waals surface area (Å²) in [4.78, 5) is 16.2. The van der Waals surface area contributed by atoms with Crippen molar-refractivity contribution in [3.8, 4) is 5.88 Å². The normalized spacial score (nSPS) is 22.8. The molecular weight excluding hydrogens is 492 g/mol. The Balaban J connectivity index is 1.61. The molecule has 2 aliphatic heterocycles. The van der Waals surface area contributed by atoms with Gasteiger partial charge in [0.2, 0.25) is 5.88 Å². The molecule has 2 fully saturated rings. The van der Waals surface area contributed by atoms with Crippen molar-refractivity contribution in [2.45, 2.75) is 31.4 Å². The van der Waals surface area contributed by atoms with Crippen LogP contribution in [0.2, 0.25) is 0 Å². The number of ether oxygens (including phenoxy) is 1. The molecule has 13 heteroatoms. The third-order valence-corrected chi connectivity index (χ3v) is 8.02. The predicted molar refractivity (Wildman–Crippen MR) is 118 cm³/mol. The van der Waals surface area contributed by atoms with Crippen molar-refractivity contribution in [1.29, 1.82) is 0 Å². The van der Waals surface area contributed by atoms with Crippen molar-refractivity contribution in [2.24, 2.45) is 0 Å². The molecule has 1 aromatic carbocycles. The highest BCUT2D eigenvalue weighted by atomic mass is 32.2. The van der Waals surface area contributed by atoms with Crippen molar-refractivity contribution in [3.05, 3.63) is 46.9 Å². The predicted octanol–water partition coefficient (Wildman–Crippen LogP) is 3.39. The van der Waals surface area contributed by atoms with Crippen LogP contribution in [-0.4, -0.2) is 78.7 Å². The highest BCUT2D eigenvalue weighted by Crippen LogP contribution is 2.39. The quantitative estimate of drug-likeness (QED) is 0.627. The second-order valence-electron chi connectivity index (χ2n) is 8.78. The lowest BCUT2D eigenvalue weighted by atomic mass is 9.82. The molecule has 3 heterocycles. The summed E-state index contributed by atoms with van der Waals surface area (Å²) in [7, 11) is -3.19. The summed E-state index contributed by atoms with van der Waals surface area (Å²) in [5.74, 6) is -1.77. The first-order valence-electron chi connectivity index (χ1n) is 11.3. The molecule has 8 nitrogen and oxygen atoms in total. The Labute approximate surface area is 200 Å². The number of H-pyrrole nitrogens is 1. The van der Waals surface area contributed by atoms with Crippen LogP contribution in [0, 0.1) is 5.82 Å². The number of hydrogen-bond acceptors (Lipinski definition) is 5. The molecule has 2 aliphatic rings. The Morgan fingerprint density at radius 3 is 2.46 bits per heavy atom. The van der Waals surface area contributed by atoms with Crippen LogP contribution in [0.15, 0.2) is 24.3 Å². The lowest BCUT2D eigenvalue weighted by Gasteiger charge is -2.41. The van der Waals surface area contributed by atoms with E-state index in [4.69, 9.17) is 4.74 Å². The summed E-state index contributed by atoms with van der Waals surface area (Å²) in [6.07, 6.45) is -4.30. The van der Waals surface area contributed by atoms with Crippen LogP contribution < -0.4 is 4.74 Å². The van der Waals surface area contributed by atoms with Gasteiger partial charge in [0.1, 0.15) is 5.82 Å². The van der Waals surface area contributed by atoms with E-state index in [2.05, 4.69) is 10.2 Å². The maximum Gasteiger partial charge on any atom is 0.416 e. The van der Waals surface area contributed by atoms with Crippen LogP contribution in [0.25, 0.3) is 0 Å². The first-order chi connectivity index (χ1) is 16.5. The van der Waals surface area contributed by atoms with Gasteiger partial charge in [0, 0.05) is 49.8 Å². The number of sulfone groups is 1. The minimum Gasteiger partial charge on any atom is -0.477 e. The summed E-state index contributed by atoms with van der Waals surface area (Å²) in [6, 6.07) is 3.75. The summed E-state index contributed by atoms with van der Waals surface area (Å²) in [5.41, 5.74) is -0.334. The number of carbonyl (C=O) groups is 1. The lowest BCUT2D eigenvalue weighted by molar-refractivity contribution is -0.137. The molecular formula is C22H26F4N4O4S. The van der Waals surface area contributed by atoms with Gasteiger partial charge >= 0.3 is 12.2 Å². The van der Waals surface area contributed by atoms with Crippen molar-refractivity contribution in [2.75, 3.05) is 44.3 Å². The molecule has 2 unspecified atom stereocenters. The monoisotopic (exact) mass is 518 g/mol. The zero-order chi connectivity index (χ0) is 25.4. The van der Waals surface area contributed by atoms with Gasteiger partial charge in [-0.25, -0.2) is 17.6 Å². The molecule has 0 saturated carbocycles. The number of likely N-dealkylation sites (tertiary alicyclic amines) is 1. The van der Waals surface area contributed by atoms with E-state index in [1.54, 1.807) is 13.0 Å². The molecule has 0 aliphatic carbocycles. The first-order valence-corrected chi connectivity index (χ1v) is 13.1. The second-order valence-corrected chi connectivity index (χ2v) is 11.1. The minimum absolute atomic E-state index is 0.0557. The number of halogens is 4. The number of alkyl halides is 3. The average Bonchev–Trinajstić information content (AvgIpc) is 3.27. The summed E-state index contributed by atoms with van der Waals surface area (Å²) < 4.78 is 82.8. The van der Waals surface area contributed by atoms with Crippen LogP contribution >= 0.6 is 0 Å². The number of aromatic amines is 1. The van der Waals surface area contributed by atoms with E-state index in [0.29, 0.717) is 30.7 Å². The summed E-state index contributed by atoms with van der Waals surface area (Å²) >= 11 is 0. The van der Waals surface area contributed by atoms with Gasteiger partial charge in [-0.05, 0) is 31.0 Å². The molecule has 2 amide bonds. The van der Waals surface area contributed by atoms with E-state index in [1.807, 2.05) is 0 Å². The van der Waals surface area contributed by atoms with Crippen molar-refractivity contribution >= 4 is 15.9 Å². The Hall–Kier alpha value is -2.83. The molecule has 2 aromatic rings. The first kappa shape index (κ1) is 25.3. The van der Waals surface area contributed by atoms with Gasteiger partial charge in [-0.1, -0.05) is 6.07 Å². The SMILES string of the molecule is CCOc1cc(C2CC(c3ccc(C(F)(F)F)cc3F)CN(C(=O)N3CCS(=O)(=O)CC3)C2)[nH]n1. The van der Waals surface area contributed by atoms with Gasteiger partial charge in [0.05, 0.1) is 23.7 Å². The number of aromatic nitrogens is 2. The summed E-state index contributed by atoms with van der Waals surface area (Å²) in [5, 5.41) is 6.96. The van der Waals surface area contributed by atoms with Crippen LogP contribution in [0.4, 0.5) is 22.4 Å². The largest absolute Gasteiger partial charge is 0.477 e. The number of carbonyl (C=O) groups excluding carboxylic acids is 1. The lowest BCUT2D eigenvalue weighted by Crippen LogP contribution is -2.53. The third kappa shape index (κ3) is 5.71. The van der Waals surface area contributed by atoms with E-state index in [9.17, 15) is 30.8 Å². The fourth-order valence-electron chi connectivity index (χ4n) is 4.59. The Kier molecular flexibility index (Phi) is 6.98. The number of benzene rings is 1. The smallest absolute Gasteiger partial charge is 0.416 e. The van der Waals surface area contributed by atoms with Gasteiger partial charge in [0.15, 0.2) is 9.84 Å². The van der Waals surface area contributed by atoms with Gasteiger partial charge in [0.25, 0.3) is 0 Å². The van der Waals surface area contributed by atoms with E-state index in [0.717, 1.165) is 12.1 Å². The van der Waals surface area contributed by atoms with Crippen LogP contribution in [0.5, 0.6) is 5.88 Å². The standard InChI is InChI=1S/C22H26F4N4O4S/c1-2-34-20-11-19(27-28-20)15-9-14(17-4-3-16(10-18(17)23)22(24,25)26)12-30(13-15)21(31)29-5-7-35(32,33)8-6-29/h3-4,10-11,14-15H,2,5-9,12-13H2,1H3,(H,27,28). The molecule has 0 radical (unpaired) electrons. The van der Waals surface area contributed by atoms with E-state index in [-0.39, 0.29) is 55.2 Å². The average molecular weight is 519 g/mol. The maximum absolute atomic E-state index is 14.8. The maximum atomic E-state index is 14.8. The molecule has 1 N–H and O–H groups in total. The highest BCUT2D eigenvalue weighted by Gasteiger charge is 2.38. The van der Waals surface area contributed by atoms with E-state index >= 15 is 0 Å². The number of amides is 2. The molecule has 0 spiro atoms. The van der Waals surface area contributed by atoms with Crippen molar-refractivity contribution in [3.63, 3.8) is 0 Å². The van der Waals surface area contributed by atoms with Crippen molar-refractivity contribution < 1.29 is 35.5 Å². The number of urea groups is 1. The number of piperidine rings is 1. The van der Waals surface area contributed by atoms with Gasteiger partial charge in [-0.15, -0.1) is 5.10 Å². The summed E-state index contributed by atoms with van der Waals surface area (Å²) in [6.45, 7) is 2.66.